The van der Waals surface area contributed by atoms with Crippen molar-refractivity contribution in [2.24, 2.45) is 0 Å². The minimum absolute atomic E-state index is 0.00141. The molecule has 0 radical (unpaired) electrons. The highest BCUT2D eigenvalue weighted by Crippen LogP contribution is 2.23. The van der Waals surface area contributed by atoms with Crippen LogP contribution in [0, 0.1) is 12.7 Å². The highest BCUT2D eigenvalue weighted by molar-refractivity contribution is 7.89. The van der Waals surface area contributed by atoms with Crippen molar-refractivity contribution in [1.29, 1.82) is 0 Å². The van der Waals surface area contributed by atoms with Crippen molar-refractivity contribution >= 4 is 21.8 Å². The van der Waals surface area contributed by atoms with E-state index in [2.05, 4.69) is 10.6 Å². The Morgan fingerprint density at radius 3 is 2.60 bits per heavy atom. The van der Waals surface area contributed by atoms with Gasteiger partial charge in [-0.3, -0.25) is 9.59 Å². The lowest BCUT2D eigenvalue weighted by molar-refractivity contribution is -0.140. The normalized spacial score (nSPS) is 21.2. The lowest BCUT2D eigenvalue weighted by Crippen LogP contribution is -2.53. The minimum atomic E-state index is -3.95. The van der Waals surface area contributed by atoms with Gasteiger partial charge in [0.25, 0.3) is 0 Å². The van der Waals surface area contributed by atoms with Crippen molar-refractivity contribution in [3.8, 4) is 0 Å². The van der Waals surface area contributed by atoms with Crippen LogP contribution in [-0.2, 0) is 24.3 Å². The van der Waals surface area contributed by atoms with E-state index in [0.717, 1.165) is 42.5 Å². The zero-order valence-corrected chi connectivity index (χ0v) is 17.8. The number of sulfonamides is 1. The zero-order valence-electron chi connectivity index (χ0n) is 17.0. The molecule has 1 aliphatic heterocycles. The summed E-state index contributed by atoms with van der Waals surface area (Å²) in [4.78, 5) is 24.3. The maximum atomic E-state index is 13.5. The summed E-state index contributed by atoms with van der Waals surface area (Å²) >= 11 is 0. The van der Waals surface area contributed by atoms with Gasteiger partial charge in [-0.25, -0.2) is 12.8 Å². The second kappa shape index (κ2) is 9.84. The molecule has 1 atom stereocenters. The number of hydrogen-bond acceptors (Lipinski definition) is 5. The molecule has 1 aromatic rings. The first kappa shape index (κ1) is 22.6. The Morgan fingerprint density at radius 2 is 1.90 bits per heavy atom. The Labute approximate surface area is 176 Å². The van der Waals surface area contributed by atoms with Crippen LogP contribution in [0.4, 0.5) is 4.39 Å². The molecule has 0 aromatic heterocycles. The molecule has 1 aromatic carbocycles. The van der Waals surface area contributed by atoms with Gasteiger partial charge in [0, 0.05) is 12.6 Å². The Morgan fingerprint density at radius 1 is 1.17 bits per heavy atom. The van der Waals surface area contributed by atoms with Gasteiger partial charge in [0.1, 0.15) is 12.0 Å². The van der Waals surface area contributed by atoms with E-state index in [1.807, 2.05) is 0 Å². The van der Waals surface area contributed by atoms with Crippen molar-refractivity contribution < 1.29 is 27.1 Å². The average molecular weight is 442 g/mol. The number of carbonyl (C=O) groups excluding carboxylic acids is 2. The third-order valence-electron chi connectivity index (χ3n) is 5.47. The Balaban J connectivity index is 1.63. The third kappa shape index (κ3) is 5.35. The number of aryl methyl sites for hydroxylation is 1. The molecule has 1 aliphatic carbocycles. The SMILES string of the molecule is Cc1cc(S(=O)(=O)N2CCCO[C@H]2CNC(=O)C(=O)NC2CCCCC2)ccc1F. The summed E-state index contributed by atoms with van der Waals surface area (Å²) in [5, 5.41) is 5.20. The van der Waals surface area contributed by atoms with Gasteiger partial charge >= 0.3 is 11.8 Å². The topological polar surface area (TPSA) is 105 Å². The number of carbonyl (C=O) groups is 2. The van der Waals surface area contributed by atoms with Gasteiger partial charge in [0.2, 0.25) is 10.0 Å². The van der Waals surface area contributed by atoms with Gasteiger partial charge in [0.15, 0.2) is 0 Å². The molecule has 2 amide bonds. The summed E-state index contributed by atoms with van der Waals surface area (Å²) in [7, 11) is -3.95. The molecule has 8 nitrogen and oxygen atoms in total. The Kier molecular flexibility index (Phi) is 7.43. The third-order valence-corrected chi connectivity index (χ3v) is 7.36. The first-order chi connectivity index (χ1) is 14.3. The number of halogens is 1. The van der Waals surface area contributed by atoms with Crippen LogP contribution in [0.25, 0.3) is 0 Å². The van der Waals surface area contributed by atoms with E-state index >= 15 is 0 Å². The molecule has 166 valence electrons. The highest BCUT2D eigenvalue weighted by atomic mass is 32.2. The molecule has 2 aliphatic rings. The van der Waals surface area contributed by atoms with Crippen LogP contribution in [-0.4, -0.2) is 56.5 Å². The fraction of sp³-hybridized carbons (Fsp3) is 0.600. The molecular formula is C20H28FN3O5S. The maximum Gasteiger partial charge on any atom is 0.309 e. The van der Waals surface area contributed by atoms with E-state index in [1.54, 1.807) is 0 Å². The van der Waals surface area contributed by atoms with Gasteiger partial charge < -0.3 is 15.4 Å². The maximum absolute atomic E-state index is 13.5. The largest absolute Gasteiger partial charge is 0.360 e. The van der Waals surface area contributed by atoms with E-state index in [0.29, 0.717) is 13.0 Å². The first-order valence-electron chi connectivity index (χ1n) is 10.3. The number of hydrogen-bond donors (Lipinski definition) is 2. The smallest absolute Gasteiger partial charge is 0.309 e. The van der Waals surface area contributed by atoms with Crippen molar-refractivity contribution in [1.82, 2.24) is 14.9 Å². The van der Waals surface area contributed by atoms with E-state index in [-0.39, 0.29) is 29.6 Å². The molecule has 0 spiro atoms. The number of amides is 2. The number of benzene rings is 1. The van der Waals surface area contributed by atoms with Crippen LogP contribution in [0.5, 0.6) is 0 Å². The summed E-state index contributed by atoms with van der Waals surface area (Å²) in [6.07, 6.45) is 4.44. The number of ether oxygens (including phenoxy) is 1. The summed E-state index contributed by atoms with van der Waals surface area (Å²) in [6, 6.07) is 3.59. The van der Waals surface area contributed by atoms with Crippen molar-refractivity contribution in [3.63, 3.8) is 0 Å². The molecule has 0 unspecified atom stereocenters. The van der Waals surface area contributed by atoms with Gasteiger partial charge in [-0.15, -0.1) is 0 Å². The van der Waals surface area contributed by atoms with E-state index < -0.39 is 33.9 Å². The van der Waals surface area contributed by atoms with Crippen LogP contribution >= 0.6 is 0 Å². The summed E-state index contributed by atoms with van der Waals surface area (Å²) < 4.78 is 46.3. The predicted octanol–water partition coefficient (Wildman–Crippen LogP) is 1.44. The van der Waals surface area contributed by atoms with Crippen molar-refractivity contribution in [2.45, 2.75) is 62.6 Å². The van der Waals surface area contributed by atoms with Crippen molar-refractivity contribution in [2.75, 3.05) is 19.7 Å². The molecule has 1 saturated carbocycles. The summed E-state index contributed by atoms with van der Waals surface area (Å²) in [5.74, 6) is -2.03. The molecule has 1 heterocycles. The zero-order chi connectivity index (χ0) is 21.7. The molecule has 10 heteroatoms. The molecule has 0 bridgehead atoms. The van der Waals surface area contributed by atoms with Gasteiger partial charge in [-0.1, -0.05) is 19.3 Å². The van der Waals surface area contributed by atoms with E-state index in [9.17, 15) is 22.4 Å². The molecular weight excluding hydrogens is 413 g/mol. The number of nitrogens with one attached hydrogen (secondary N) is 2. The molecule has 1 saturated heterocycles. The number of nitrogens with zero attached hydrogens (tertiary/aromatic N) is 1. The van der Waals surface area contributed by atoms with E-state index in [4.69, 9.17) is 4.74 Å². The van der Waals surface area contributed by atoms with Gasteiger partial charge in [-0.05, 0) is 49.9 Å². The lowest BCUT2D eigenvalue weighted by atomic mass is 9.95. The first-order valence-corrected chi connectivity index (χ1v) is 11.7. The molecule has 30 heavy (non-hydrogen) atoms. The van der Waals surface area contributed by atoms with Gasteiger partial charge in [-0.2, -0.15) is 4.31 Å². The van der Waals surface area contributed by atoms with Crippen LogP contribution in [0.2, 0.25) is 0 Å². The Bertz CT molecular complexity index is 886. The fourth-order valence-corrected chi connectivity index (χ4v) is 5.42. The molecule has 2 fully saturated rings. The molecule has 2 N–H and O–H groups in total. The standard InChI is InChI=1S/C20H28FN3O5S/c1-14-12-16(8-9-17(14)21)30(27,28)24-10-5-11-29-18(24)13-22-19(25)20(26)23-15-6-3-2-4-7-15/h8-9,12,15,18H,2-7,10-11,13H2,1H3,(H,22,25)(H,23,26)/t18-/m0/s1. The lowest BCUT2D eigenvalue weighted by Gasteiger charge is -2.34. The minimum Gasteiger partial charge on any atom is -0.360 e. The number of rotatable bonds is 5. The molecule has 3 rings (SSSR count). The highest BCUT2D eigenvalue weighted by Gasteiger charge is 2.35. The van der Waals surface area contributed by atoms with Crippen LogP contribution < -0.4 is 10.6 Å². The van der Waals surface area contributed by atoms with E-state index in [1.165, 1.54) is 19.1 Å². The van der Waals surface area contributed by atoms with Crippen LogP contribution in [0.15, 0.2) is 23.1 Å². The fourth-order valence-electron chi connectivity index (χ4n) is 3.77. The van der Waals surface area contributed by atoms with Gasteiger partial charge in [0.05, 0.1) is 18.0 Å². The summed E-state index contributed by atoms with van der Waals surface area (Å²) in [6.45, 7) is 1.87. The second-order valence-corrected chi connectivity index (χ2v) is 9.61. The quantitative estimate of drug-likeness (QED) is 0.673. The average Bonchev–Trinajstić information content (AvgIpc) is 2.74. The Hall–Kier alpha value is -2.04. The monoisotopic (exact) mass is 441 g/mol. The van der Waals surface area contributed by atoms with Crippen molar-refractivity contribution in [3.05, 3.63) is 29.6 Å². The second-order valence-electron chi connectivity index (χ2n) is 7.72. The predicted molar refractivity (Wildman–Crippen MR) is 107 cm³/mol. The summed E-state index contributed by atoms with van der Waals surface area (Å²) in [5.41, 5.74) is 0.221. The van der Waals surface area contributed by atoms with Crippen LogP contribution in [0.1, 0.15) is 44.1 Å². The van der Waals surface area contributed by atoms with Crippen LogP contribution in [0.3, 0.4) is 0 Å².